The first kappa shape index (κ1) is 14.6. The molecular weight excluding hydrogens is 294 g/mol. The van der Waals surface area contributed by atoms with Gasteiger partial charge in [0.05, 0.1) is 5.70 Å². The second-order valence-corrected chi connectivity index (χ2v) is 5.97. The second kappa shape index (κ2) is 6.25. The van der Waals surface area contributed by atoms with Crippen LogP contribution < -0.4 is 4.90 Å². The van der Waals surface area contributed by atoms with Gasteiger partial charge in [-0.15, -0.1) is 0 Å². The van der Waals surface area contributed by atoms with Crippen LogP contribution in [0.15, 0.2) is 91.2 Å². The third-order valence-corrected chi connectivity index (χ3v) is 4.27. The summed E-state index contributed by atoms with van der Waals surface area (Å²) in [5.41, 5.74) is 5.74. The summed E-state index contributed by atoms with van der Waals surface area (Å²) >= 11 is 0. The lowest BCUT2D eigenvalue weighted by Crippen LogP contribution is -2.23. The molecule has 0 N–H and O–H groups in total. The molecule has 1 aliphatic heterocycles. The van der Waals surface area contributed by atoms with Crippen molar-refractivity contribution in [3.63, 3.8) is 0 Å². The van der Waals surface area contributed by atoms with E-state index in [1.54, 1.807) is 0 Å². The van der Waals surface area contributed by atoms with E-state index in [2.05, 4.69) is 72.5 Å². The van der Waals surface area contributed by atoms with Gasteiger partial charge in [-0.1, -0.05) is 78.4 Å². The van der Waals surface area contributed by atoms with Gasteiger partial charge in [-0.05, 0) is 19.1 Å². The van der Waals surface area contributed by atoms with Crippen LogP contribution in [0.3, 0.4) is 0 Å². The molecule has 0 amide bonds. The van der Waals surface area contributed by atoms with Gasteiger partial charge in [0.15, 0.2) is 0 Å². The van der Waals surface area contributed by atoms with Crippen molar-refractivity contribution in [2.45, 2.75) is 13.2 Å². The Labute approximate surface area is 142 Å². The van der Waals surface area contributed by atoms with Crippen molar-refractivity contribution >= 4 is 11.4 Å². The first-order valence-corrected chi connectivity index (χ1v) is 8.15. The standard InChI is InChI=1S/C22H19NO/c1-17-12-14-20(15-13-17)23-21(18-8-4-2-5-9-18)16-24-22(23)19-10-6-3-7-11-19/h2-16,22H,1H3. The highest BCUT2D eigenvalue weighted by Crippen LogP contribution is 2.40. The van der Waals surface area contributed by atoms with Gasteiger partial charge in [-0.25, -0.2) is 0 Å². The maximum Gasteiger partial charge on any atom is 0.202 e. The van der Waals surface area contributed by atoms with Gasteiger partial charge in [-0.2, -0.15) is 0 Å². The molecule has 0 fully saturated rings. The van der Waals surface area contributed by atoms with Gasteiger partial charge in [0.2, 0.25) is 6.23 Å². The van der Waals surface area contributed by atoms with Crippen LogP contribution in [0.4, 0.5) is 5.69 Å². The molecule has 0 bridgehead atoms. The summed E-state index contributed by atoms with van der Waals surface area (Å²) in [4.78, 5) is 2.25. The molecule has 3 aromatic rings. The van der Waals surface area contributed by atoms with Gasteiger partial charge < -0.3 is 4.74 Å². The minimum atomic E-state index is -0.149. The molecule has 4 rings (SSSR count). The number of hydrogen-bond acceptors (Lipinski definition) is 2. The molecule has 0 aliphatic carbocycles. The van der Waals surface area contributed by atoms with Crippen molar-refractivity contribution in [1.82, 2.24) is 0 Å². The molecule has 1 unspecified atom stereocenters. The van der Waals surface area contributed by atoms with Crippen LogP contribution in [-0.2, 0) is 4.74 Å². The maximum absolute atomic E-state index is 6.07. The van der Waals surface area contributed by atoms with E-state index in [1.807, 2.05) is 30.5 Å². The van der Waals surface area contributed by atoms with Gasteiger partial charge in [0, 0.05) is 16.8 Å². The number of anilines is 1. The van der Waals surface area contributed by atoms with Crippen LogP contribution in [0.25, 0.3) is 5.70 Å². The Hall–Kier alpha value is -3.00. The zero-order chi connectivity index (χ0) is 16.4. The molecule has 1 aliphatic rings. The highest BCUT2D eigenvalue weighted by molar-refractivity contribution is 5.81. The summed E-state index contributed by atoms with van der Waals surface area (Å²) < 4.78 is 6.07. The van der Waals surface area contributed by atoms with E-state index >= 15 is 0 Å². The van der Waals surface area contributed by atoms with Crippen molar-refractivity contribution in [1.29, 1.82) is 0 Å². The number of aryl methyl sites for hydroxylation is 1. The summed E-state index contributed by atoms with van der Waals surface area (Å²) in [5, 5.41) is 0. The van der Waals surface area contributed by atoms with Crippen molar-refractivity contribution in [2.75, 3.05) is 4.90 Å². The van der Waals surface area contributed by atoms with E-state index in [0.29, 0.717) is 0 Å². The highest BCUT2D eigenvalue weighted by Gasteiger charge is 2.31. The molecule has 0 saturated carbocycles. The van der Waals surface area contributed by atoms with E-state index in [0.717, 1.165) is 22.5 Å². The minimum absolute atomic E-state index is 0.149. The van der Waals surface area contributed by atoms with Crippen molar-refractivity contribution < 1.29 is 4.74 Å². The highest BCUT2D eigenvalue weighted by atomic mass is 16.5. The van der Waals surface area contributed by atoms with Crippen LogP contribution in [0.5, 0.6) is 0 Å². The molecule has 2 heteroatoms. The maximum atomic E-state index is 6.07. The Morgan fingerprint density at radius 3 is 2.04 bits per heavy atom. The SMILES string of the molecule is Cc1ccc(N2C(c3ccccc3)=COC2c2ccccc2)cc1. The average molecular weight is 313 g/mol. The fourth-order valence-corrected chi connectivity index (χ4v) is 3.01. The third kappa shape index (κ3) is 2.67. The first-order chi connectivity index (χ1) is 11.8. The zero-order valence-corrected chi connectivity index (χ0v) is 13.6. The number of ether oxygens (including phenoxy) is 1. The molecule has 24 heavy (non-hydrogen) atoms. The van der Waals surface area contributed by atoms with E-state index < -0.39 is 0 Å². The number of nitrogens with zero attached hydrogens (tertiary/aromatic N) is 1. The molecular formula is C22H19NO. The molecule has 0 saturated heterocycles. The first-order valence-electron chi connectivity index (χ1n) is 8.15. The Balaban J connectivity index is 1.79. The van der Waals surface area contributed by atoms with Crippen LogP contribution in [0.1, 0.15) is 22.9 Å². The lowest BCUT2D eigenvalue weighted by atomic mass is 10.1. The van der Waals surface area contributed by atoms with E-state index in [4.69, 9.17) is 4.74 Å². The minimum Gasteiger partial charge on any atom is -0.471 e. The predicted molar refractivity (Wildman–Crippen MR) is 98.3 cm³/mol. The Morgan fingerprint density at radius 2 is 1.38 bits per heavy atom. The van der Waals surface area contributed by atoms with E-state index in [-0.39, 0.29) is 6.23 Å². The summed E-state index contributed by atoms with van der Waals surface area (Å²) in [6, 6.07) is 29.3. The topological polar surface area (TPSA) is 12.5 Å². The van der Waals surface area contributed by atoms with Gasteiger partial charge in [0.1, 0.15) is 6.26 Å². The molecule has 1 heterocycles. The van der Waals surface area contributed by atoms with Crippen LogP contribution in [0.2, 0.25) is 0 Å². The largest absolute Gasteiger partial charge is 0.471 e. The lowest BCUT2D eigenvalue weighted by molar-refractivity contribution is 0.174. The zero-order valence-electron chi connectivity index (χ0n) is 13.6. The van der Waals surface area contributed by atoms with Crippen molar-refractivity contribution in [3.8, 4) is 0 Å². The molecule has 118 valence electrons. The quantitative estimate of drug-likeness (QED) is 0.630. The van der Waals surface area contributed by atoms with Gasteiger partial charge in [0.25, 0.3) is 0 Å². The van der Waals surface area contributed by atoms with Gasteiger partial charge in [-0.3, -0.25) is 4.90 Å². The fraction of sp³-hybridized carbons (Fsp3) is 0.0909. The van der Waals surface area contributed by atoms with E-state index in [9.17, 15) is 0 Å². The third-order valence-electron chi connectivity index (χ3n) is 4.27. The fourth-order valence-electron chi connectivity index (χ4n) is 3.01. The van der Waals surface area contributed by atoms with Crippen LogP contribution in [-0.4, -0.2) is 0 Å². The Morgan fingerprint density at radius 1 is 0.750 bits per heavy atom. The molecule has 1 atom stereocenters. The van der Waals surface area contributed by atoms with Crippen molar-refractivity contribution in [2.24, 2.45) is 0 Å². The predicted octanol–water partition coefficient (Wildman–Crippen LogP) is 5.53. The lowest BCUT2D eigenvalue weighted by Gasteiger charge is -2.28. The second-order valence-electron chi connectivity index (χ2n) is 5.97. The summed E-state index contributed by atoms with van der Waals surface area (Å²) in [7, 11) is 0. The average Bonchev–Trinajstić information content (AvgIpc) is 3.09. The molecule has 2 nitrogen and oxygen atoms in total. The van der Waals surface area contributed by atoms with Crippen molar-refractivity contribution in [3.05, 3.63) is 108 Å². The molecule has 0 aromatic heterocycles. The normalized spacial score (nSPS) is 16.6. The number of rotatable bonds is 3. The monoisotopic (exact) mass is 313 g/mol. The summed E-state index contributed by atoms with van der Waals surface area (Å²) in [6.45, 7) is 2.10. The Kier molecular flexibility index (Phi) is 3.80. The van der Waals surface area contributed by atoms with Gasteiger partial charge >= 0.3 is 0 Å². The smallest absolute Gasteiger partial charge is 0.202 e. The van der Waals surface area contributed by atoms with Crippen LogP contribution >= 0.6 is 0 Å². The summed E-state index contributed by atoms with van der Waals surface area (Å²) in [5.74, 6) is 0. The summed E-state index contributed by atoms with van der Waals surface area (Å²) in [6.07, 6.45) is 1.72. The molecule has 0 spiro atoms. The number of benzene rings is 3. The van der Waals surface area contributed by atoms with E-state index in [1.165, 1.54) is 5.56 Å². The van der Waals surface area contributed by atoms with Crippen LogP contribution in [0, 0.1) is 6.92 Å². The number of hydrogen-bond donors (Lipinski definition) is 0. The Bertz CT molecular complexity index is 838. The molecule has 3 aromatic carbocycles. The molecule has 0 radical (unpaired) electrons.